The van der Waals surface area contributed by atoms with E-state index in [0.29, 0.717) is 16.3 Å². The molecule has 1 aliphatic heterocycles. The van der Waals surface area contributed by atoms with Gasteiger partial charge in [0.2, 0.25) is 0 Å². The van der Waals surface area contributed by atoms with Crippen LogP contribution >= 0.6 is 11.6 Å². The molecule has 4 rings (SSSR count). The van der Waals surface area contributed by atoms with Gasteiger partial charge in [-0.3, -0.25) is 15.1 Å². The van der Waals surface area contributed by atoms with Gasteiger partial charge in [0.05, 0.1) is 27.2 Å². The van der Waals surface area contributed by atoms with Crippen molar-refractivity contribution < 1.29 is 4.92 Å². The number of nitrogens with one attached hydrogen (secondary N) is 1. The topological polar surface area (TPSA) is 68.1 Å². The van der Waals surface area contributed by atoms with Gasteiger partial charge in [0, 0.05) is 24.4 Å². The minimum absolute atomic E-state index is 0.00411. The van der Waals surface area contributed by atoms with E-state index in [2.05, 4.69) is 22.5 Å². The number of rotatable bonds is 2. The van der Waals surface area contributed by atoms with Gasteiger partial charge in [0.25, 0.3) is 5.69 Å². The number of halogens is 1. The maximum absolute atomic E-state index is 11.4. The molecule has 0 saturated heterocycles. The van der Waals surface area contributed by atoms with Crippen LogP contribution in [0, 0.1) is 16.0 Å². The second kappa shape index (κ2) is 5.35. The Bertz CT molecular complexity index is 807. The van der Waals surface area contributed by atoms with Crippen molar-refractivity contribution >= 4 is 23.0 Å². The van der Waals surface area contributed by atoms with Crippen LogP contribution in [0.15, 0.2) is 48.8 Å². The predicted octanol–water partition coefficient (Wildman–Crippen LogP) is 4.47. The molecule has 5 nitrogen and oxygen atoms in total. The van der Waals surface area contributed by atoms with Gasteiger partial charge in [-0.2, -0.15) is 0 Å². The van der Waals surface area contributed by atoms with E-state index in [4.69, 9.17) is 11.6 Å². The lowest BCUT2D eigenvalue weighted by atomic mass is 9.76. The first-order valence-corrected chi connectivity index (χ1v) is 7.84. The Balaban J connectivity index is 1.89. The van der Waals surface area contributed by atoms with Crippen LogP contribution < -0.4 is 5.32 Å². The number of fused-ring (bicyclic) bond motifs is 3. The van der Waals surface area contributed by atoms with E-state index in [1.54, 1.807) is 12.3 Å². The third-order valence-electron chi connectivity index (χ3n) is 4.69. The summed E-state index contributed by atoms with van der Waals surface area (Å²) in [6.45, 7) is 0. The first-order valence-electron chi connectivity index (χ1n) is 7.46. The predicted molar refractivity (Wildman–Crippen MR) is 88.7 cm³/mol. The number of hydrogen-bond donors (Lipinski definition) is 1. The SMILES string of the molecule is O=[N+]([O-])c1ccc(Cl)c2c1[C@@H]1C=CC[C@@H]1[C@H](c1cccnc1)N2. The molecular formula is C17H14ClN3O2. The number of aromatic nitrogens is 1. The molecule has 1 aromatic carbocycles. The molecule has 116 valence electrons. The summed E-state index contributed by atoms with van der Waals surface area (Å²) in [7, 11) is 0. The van der Waals surface area contributed by atoms with Crippen molar-refractivity contribution in [1.29, 1.82) is 0 Å². The van der Waals surface area contributed by atoms with Gasteiger partial charge in [0.1, 0.15) is 0 Å². The third kappa shape index (κ3) is 2.19. The summed E-state index contributed by atoms with van der Waals surface area (Å²) < 4.78 is 0. The molecule has 3 atom stereocenters. The van der Waals surface area contributed by atoms with Crippen LogP contribution in [-0.4, -0.2) is 9.91 Å². The number of nitro benzene ring substituents is 1. The van der Waals surface area contributed by atoms with Crippen molar-refractivity contribution in [3.05, 3.63) is 75.1 Å². The highest BCUT2D eigenvalue weighted by Gasteiger charge is 2.42. The Morgan fingerprint density at radius 1 is 1.35 bits per heavy atom. The summed E-state index contributed by atoms with van der Waals surface area (Å²) in [5, 5.41) is 15.4. The average molecular weight is 328 g/mol. The Morgan fingerprint density at radius 2 is 2.22 bits per heavy atom. The van der Waals surface area contributed by atoms with E-state index in [9.17, 15) is 10.1 Å². The smallest absolute Gasteiger partial charge is 0.275 e. The number of benzene rings is 1. The third-order valence-corrected chi connectivity index (χ3v) is 5.00. The second-order valence-electron chi connectivity index (χ2n) is 5.87. The van der Waals surface area contributed by atoms with Crippen LogP contribution in [0.5, 0.6) is 0 Å². The Labute approximate surface area is 138 Å². The molecule has 0 unspecified atom stereocenters. The minimum Gasteiger partial charge on any atom is -0.376 e. The van der Waals surface area contributed by atoms with Crippen molar-refractivity contribution in [2.24, 2.45) is 5.92 Å². The Hall–Kier alpha value is -2.40. The first-order chi connectivity index (χ1) is 11.2. The molecule has 1 aliphatic carbocycles. The lowest BCUT2D eigenvalue weighted by Crippen LogP contribution is -2.29. The normalized spacial score (nSPS) is 24.7. The van der Waals surface area contributed by atoms with Gasteiger partial charge in [-0.05, 0) is 30.0 Å². The van der Waals surface area contributed by atoms with Crippen LogP contribution in [0.25, 0.3) is 0 Å². The summed E-state index contributed by atoms with van der Waals surface area (Å²) >= 11 is 6.34. The van der Waals surface area contributed by atoms with Gasteiger partial charge in [0.15, 0.2) is 0 Å². The van der Waals surface area contributed by atoms with Gasteiger partial charge in [-0.1, -0.05) is 29.8 Å². The maximum Gasteiger partial charge on any atom is 0.275 e. The molecule has 6 heteroatoms. The summed E-state index contributed by atoms with van der Waals surface area (Å²) in [5.74, 6) is 0.222. The van der Waals surface area contributed by atoms with E-state index >= 15 is 0 Å². The molecule has 0 bridgehead atoms. The molecule has 0 saturated carbocycles. The fraction of sp³-hybridized carbons (Fsp3) is 0.235. The number of hydrogen-bond acceptors (Lipinski definition) is 4. The zero-order valence-electron chi connectivity index (χ0n) is 12.1. The summed E-state index contributed by atoms with van der Waals surface area (Å²) in [6, 6.07) is 7.05. The minimum atomic E-state index is -0.329. The molecule has 0 amide bonds. The van der Waals surface area contributed by atoms with Gasteiger partial charge in [-0.15, -0.1) is 0 Å². The van der Waals surface area contributed by atoms with Crippen molar-refractivity contribution in [1.82, 2.24) is 4.98 Å². The molecule has 2 aliphatic rings. The Morgan fingerprint density at radius 3 is 2.96 bits per heavy atom. The van der Waals surface area contributed by atoms with E-state index in [0.717, 1.165) is 12.0 Å². The lowest BCUT2D eigenvalue weighted by molar-refractivity contribution is -0.385. The van der Waals surface area contributed by atoms with Crippen molar-refractivity contribution in [3.63, 3.8) is 0 Å². The van der Waals surface area contributed by atoms with Crippen LogP contribution in [0.3, 0.4) is 0 Å². The highest BCUT2D eigenvalue weighted by Crippen LogP contribution is 2.54. The quantitative estimate of drug-likeness (QED) is 0.502. The van der Waals surface area contributed by atoms with E-state index in [1.165, 1.54) is 6.07 Å². The summed E-state index contributed by atoms with van der Waals surface area (Å²) in [4.78, 5) is 15.3. The lowest BCUT2D eigenvalue weighted by Gasteiger charge is -2.37. The zero-order chi connectivity index (χ0) is 16.0. The number of nitro groups is 1. The molecule has 0 radical (unpaired) electrons. The first kappa shape index (κ1) is 14.2. The second-order valence-corrected chi connectivity index (χ2v) is 6.28. The molecule has 23 heavy (non-hydrogen) atoms. The van der Waals surface area contributed by atoms with E-state index in [1.807, 2.05) is 18.3 Å². The maximum atomic E-state index is 11.4. The molecular weight excluding hydrogens is 314 g/mol. The van der Waals surface area contributed by atoms with Gasteiger partial charge in [-0.25, -0.2) is 0 Å². The number of nitrogens with zero attached hydrogens (tertiary/aromatic N) is 2. The van der Waals surface area contributed by atoms with Crippen LogP contribution in [0.4, 0.5) is 11.4 Å². The van der Waals surface area contributed by atoms with Crippen molar-refractivity contribution in [2.75, 3.05) is 5.32 Å². The summed E-state index contributed by atoms with van der Waals surface area (Å²) in [6.07, 6.45) is 8.61. The highest BCUT2D eigenvalue weighted by atomic mass is 35.5. The van der Waals surface area contributed by atoms with Crippen LogP contribution in [0.1, 0.15) is 29.5 Å². The summed E-state index contributed by atoms with van der Waals surface area (Å²) in [5.41, 5.74) is 2.56. The van der Waals surface area contributed by atoms with E-state index < -0.39 is 0 Å². The van der Waals surface area contributed by atoms with Gasteiger partial charge >= 0.3 is 0 Å². The van der Waals surface area contributed by atoms with E-state index in [-0.39, 0.29) is 28.5 Å². The molecule has 2 heterocycles. The largest absolute Gasteiger partial charge is 0.376 e. The molecule has 0 spiro atoms. The van der Waals surface area contributed by atoms with Crippen molar-refractivity contribution in [3.8, 4) is 0 Å². The Kier molecular flexibility index (Phi) is 3.31. The highest BCUT2D eigenvalue weighted by molar-refractivity contribution is 6.33. The number of allylic oxidation sites excluding steroid dienone is 2. The fourth-order valence-electron chi connectivity index (χ4n) is 3.70. The molecule has 1 N–H and O–H groups in total. The number of anilines is 1. The standard InChI is InChI=1S/C17H14ClN3O2/c18-13-6-7-14(21(22)23)15-11-4-1-5-12(11)16(20-17(13)15)10-3-2-8-19-9-10/h1-4,6-9,11-12,16,20H,5H2/t11-,12+,16+/m1/s1. The van der Waals surface area contributed by atoms with Crippen LogP contribution in [-0.2, 0) is 0 Å². The zero-order valence-corrected chi connectivity index (χ0v) is 12.9. The average Bonchev–Trinajstić information content (AvgIpc) is 3.05. The van der Waals surface area contributed by atoms with Crippen molar-refractivity contribution in [2.45, 2.75) is 18.4 Å². The monoisotopic (exact) mass is 327 g/mol. The molecule has 1 aromatic heterocycles. The van der Waals surface area contributed by atoms with Gasteiger partial charge < -0.3 is 5.32 Å². The van der Waals surface area contributed by atoms with Crippen LogP contribution in [0.2, 0.25) is 5.02 Å². The molecule has 2 aromatic rings. The molecule has 0 fully saturated rings. The fourth-order valence-corrected chi connectivity index (χ4v) is 3.92. The number of pyridine rings is 1.